The van der Waals surface area contributed by atoms with E-state index in [0.29, 0.717) is 6.04 Å². The van der Waals surface area contributed by atoms with E-state index < -0.39 is 6.17 Å². The fraction of sp³-hybridized carbons (Fsp3) is 0.538. The minimum Gasteiger partial charge on any atom is -0.296 e. The normalized spacial score (nSPS) is 21.0. The highest BCUT2D eigenvalue weighted by Gasteiger charge is 2.25. The molecule has 2 aromatic rings. The molecule has 152 valence electrons. The van der Waals surface area contributed by atoms with Crippen molar-refractivity contribution in [2.24, 2.45) is 0 Å². The van der Waals surface area contributed by atoms with Gasteiger partial charge in [0, 0.05) is 18.5 Å². The van der Waals surface area contributed by atoms with Crippen molar-refractivity contribution in [2.45, 2.75) is 83.5 Å². The van der Waals surface area contributed by atoms with Crippen LogP contribution in [-0.4, -0.2) is 23.7 Å². The highest BCUT2D eigenvalue weighted by Crippen LogP contribution is 2.35. The van der Waals surface area contributed by atoms with E-state index in [1.165, 1.54) is 29.5 Å². The second-order valence-corrected chi connectivity index (χ2v) is 8.49. The number of halogens is 1. The van der Waals surface area contributed by atoms with Gasteiger partial charge in [0.15, 0.2) is 0 Å². The van der Waals surface area contributed by atoms with Gasteiger partial charge in [0.25, 0.3) is 0 Å². The lowest BCUT2D eigenvalue weighted by atomic mass is 9.82. The van der Waals surface area contributed by atoms with Crippen LogP contribution in [0.4, 0.5) is 4.39 Å². The average Bonchev–Trinajstić information content (AvgIpc) is 2.73. The molecule has 0 saturated heterocycles. The molecule has 0 amide bonds. The Morgan fingerprint density at radius 2 is 1.68 bits per heavy atom. The summed E-state index contributed by atoms with van der Waals surface area (Å²) in [7, 11) is 0. The molecule has 0 aromatic heterocycles. The van der Waals surface area contributed by atoms with Crippen LogP contribution in [0.1, 0.15) is 75.0 Å². The molecule has 3 rings (SSSR count). The van der Waals surface area contributed by atoms with Crippen LogP contribution >= 0.6 is 0 Å². The maximum atomic E-state index is 14.2. The molecule has 0 aliphatic heterocycles. The predicted octanol–water partition coefficient (Wildman–Crippen LogP) is 6.92. The van der Waals surface area contributed by atoms with Crippen LogP contribution in [0.3, 0.4) is 0 Å². The van der Waals surface area contributed by atoms with Gasteiger partial charge in [0.2, 0.25) is 0 Å². The Hall–Kier alpha value is -1.67. The minimum absolute atomic E-state index is 0.118. The summed E-state index contributed by atoms with van der Waals surface area (Å²) in [5.41, 5.74) is 3.96. The molecular weight excluding hydrogens is 345 g/mol. The fourth-order valence-corrected chi connectivity index (χ4v) is 4.51. The van der Waals surface area contributed by atoms with E-state index in [1.807, 2.05) is 0 Å². The molecule has 3 unspecified atom stereocenters. The lowest BCUT2D eigenvalue weighted by molar-refractivity contribution is 0.191. The Kier molecular flexibility index (Phi) is 8.09. The zero-order chi connectivity index (χ0) is 19.8. The second kappa shape index (κ2) is 10.8. The number of aryl methyl sites for hydroxylation is 1. The van der Waals surface area contributed by atoms with Crippen LogP contribution in [0.2, 0.25) is 0 Å². The van der Waals surface area contributed by atoms with Crippen LogP contribution < -0.4 is 0 Å². The molecule has 1 saturated carbocycles. The zero-order valence-corrected chi connectivity index (χ0v) is 17.6. The second-order valence-electron chi connectivity index (χ2n) is 8.49. The molecule has 0 radical (unpaired) electrons. The molecular formula is C26H36FN. The van der Waals surface area contributed by atoms with E-state index in [4.69, 9.17) is 0 Å². The summed E-state index contributed by atoms with van der Waals surface area (Å²) in [4.78, 5) is 2.60. The first-order valence-corrected chi connectivity index (χ1v) is 11.2. The average molecular weight is 382 g/mol. The highest BCUT2D eigenvalue weighted by atomic mass is 19.1. The fourth-order valence-electron chi connectivity index (χ4n) is 4.51. The number of benzene rings is 2. The van der Waals surface area contributed by atoms with Gasteiger partial charge < -0.3 is 0 Å². The zero-order valence-electron chi connectivity index (χ0n) is 17.6. The number of nitrogens with zero attached hydrogens (tertiary/aromatic N) is 1. The van der Waals surface area contributed by atoms with Gasteiger partial charge in [-0.05, 0) is 62.3 Å². The smallest absolute Gasteiger partial charge is 0.107 e. The predicted molar refractivity (Wildman–Crippen MR) is 117 cm³/mol. The minimum atomic E-state index is -0.653. The summed E-state index contributed by atoms with van der Waals surface area (Å²) in [6, 6.07) is 20.1. The van der Waals surface area contributed by atoms with Crippen LogP contribution in [0, 0.1) is 0 Å². The number of hydrogen-bond donors (Lipinski definition) is 0. The largest absolute Gasteiger partial charge is 0.296 e. The van der Waals surface area contributed by atoms with Crippen LogP contribution in [0.25, 0.3) is 0 Å². The number of rotatable bonds is 9. The van der Waals surface area contributed by atoms with Crippen molar-refractivity contribution < 1.29 is 4.39 Å². The molecule has 0 spiro atoms. The maximum Gasteiger partial charge on any atom is 0.107 e. The van der Waals surface area contributed by atoms with Gasteiger partial charge in [0.1, 0.15) is 6.17 Å². The lowest BCUT2D eigenvalue weighted by Crippen LogP contribution is -2.33. The third kappa shape index (κ3) is 5.91. The van der Waals surface area contributed by atoms with Crippen LogP contribution in [0.5, 0.6) is 0 Å². The van der Waals surface area contributed by atoms with Crippen molar-refractivity contribution in [1.82, 2.24) is 4.90 Å². The first-order valence-electron chi connectivity index (χ1n) is 11.2. The Labute approximate surface area is 171 Å². The Morgan fingerprint density at radius 1 is 0.964 bits per heavy atom. The third-order valence-electron chi connectivity index (χ3n) is 6.30. The van der Waals surface area contributed by atoms with Crippen LogP contribution in [-0.2, 0) is 13.0 Å². The van der Waals surface area contributed by atoms with Crippen molar-refractivity contribution in [3.63, 3.8) is 0 Å². The topological polar surface area (TPSA) is 3.24 Å². The Morgan fingerprint density at radius 3 is 2.36 bits per heavy atom. The molecule has 0 heterocycles. The lowest BCUT2D eigenvalue weighted by Gasteiger charge is -2.29. The monoisotopic (exact) mass is 381 g/mol. The van der Waals surface area contributed by atoms with Gasteiger partial charge >= 0.3 is 0 Å². The van der Waals surface area contributed by atoms with Gasteiger partial charge in [-0.2, -0.15) is 0 Å². The van der Waals surface area contributed by atoms with Gasteiger partial charge in [-0.1, -0.05) is 74.4 Å². The molecule has 28 heavy (non-hydrogen) atoms. The van der Waals surface area contributed by atoms with E-state index in [-0.39, 0.29) is 5.92 Å². The SMILES string of the molecule is CCCN(Cc1ccccc1)C(C)CCc1ccc(C2CCCCC2F)cc1. The summed E-state index contributed by atoms with van der Waals surface area (Å²) in [5, 5.41) is 0. The standard InChI is InChI=1S/C26H36FN/c1-3-19-28(20-23-9-5-4-6-10-23)21(2)13-14-22-15-17-24(18-16-22)25-11-7-8-12-26(25)27/h4-6,9-10,15-18,21,25-26H,3,7-8,11-14,19-20H2,1-2H3. The number of alkyl halides is 1. The molecule has 0 N–H and O–H groups in total. The van der Waals surface area contributed by atoms with Crippen LogP contribution in [0.15, 0.2) is 54.6 Å². The molecule has 2 heteroatoms. The van der Waals surface area contributed by atoms with E-state index in [0.717, 1.165) is 45.2 Å². The van der Waals surface area contributed by atoms with Gasteiger partial charge in [-0.15, -0.1) is 0 Å². The summed E-state index contributed by atoms with van der Waals surface area (Å²) in [6.07, 6.45) is 6.71. The van der Waals surface area contributed by atoms with Crippen molar-refractivity contribution in [2.75, 3.05) is 6.54 Å². The molecule has 0 bridgehead atoms. The summed E-state index contributed by atoms with van der Waals surface area (Å²) < 4.78 is 14.2. The van der Waals surface area contributed by atoms with E-state index in [1.54, 1.807) is 0 Å². The van der Waals surface area contributed by atoms with E-state index in [2.05, 4.69) is 73.3 Å². The number of hydrogen-bond acceptors (Lipinski definition) is 1. The van der Waals surface area contributed by atoms with Crippen molar-refractivity contribution >= 4 is 0 Å². The third-order valence-corrected chi connectivity index (χ3v) is 6.30. The molecule has 1 aliphatic rings. The Bertz CT molecular complexity index is 681. The quantitative estimate of drug-likeness (QED) is 0.456. The Balaban J connectivity index is 1.54. The maximum absolute atomic E-state index is 14.2. The molecule has 1 fully saturated rings. The van der Waals surface area contributed by atoms with Gasteiger partial charge in [0.05, 0.1) is 0 Å². The molecule has 1 nitrogen and oxygen atoms in total. The van der Waals surface area contributed by atoms with Gasteiger partial charge in [-0.3, -0.25) is 4.90 Å². The summed E-state index contributed by atoms with van der Waals surface area (Å²) in [6.45, 7) is 6.76. The van der Waals surface area contributed by atoms with Gasteiger partial charge in [-0.25, -0.2) is 4.39 Å². The van der Waals surface area contributed by atoms with Crippen molar-refractivity contribution in [3.8, 4) is 0 Å². The van der Waals surface area contributed by atoms with E-state index >= 15 is 0 Å². The molecule has 2 aromatic carbocycles. The highest BCUT2D eigenvalue weighted by molar-refractivity contribution is 5.27. The first kappa shape index (κ1) is 21.0. The first-order chi connectivity index (χ1) is 13.7. The van der Waals surface area contributed by atoms with Crippen molar-refractivity contribution in [3.05, 3.63) is 71.3 Å². The van der Waals surface area contributed by atoms with Crippen molar-refractivity contribution in [1.29, 1.82) is 0 Å². The molecule has 3 atom stereocenters. The summed E-state index contributed by atoms with van der Waals surface area (Å²) >= 11 is 0. The summed E-state index contributed by atoms with van der Waals surface area (Å²) in [5.74, 6) is 0.118. The molecule has 1 aliphatic carbocycles. The van der Waals surface area contributed by atoms with E-state index in [9.17, 15) is 4.39 Å².